The number of benzene rings is 1. The molecule has 1 aromatic rings. The van der Waals surface area contributed by atoms with Crippen LogP contribution in [0.3, 0.4) is 0 Å². The van der Waals surface area contributed by atoms with E-state index in [-0.39, 0.29) is 10.9 Å². The summed E-state index contributed by atoms with van der Waals surface area (Å²) in [6.45, 7) is 0.473. The molecule has 0 aliphatic carbocycles. The summed E-state index contributed by atoms with van der Waals surface area (Å²) in [5.74, 6) is 0.265. The highest BCUT2D eigenvalue weighted by Gasteiger charge is 2.01. The van der Waals surface area contributed by atoms with Crippen molar-refractivity contribution in [3.63, 3.8) is 0 Å². The lowest BCUT2D eigenvalue weighted by molar-refractivity contribution is 0.304. The topological polar surface area (TPSA) is 67.8 Å². The van der Waals surface area contributed by atoms with Crippen LogP contribution in [0.2, 0.25) is 5.02 Å². The number of halogens is 2. The second-order valence-electron chi connectivity index (χ2n) is 3.47. The Bertz CT molecular complexity index is 399. The van der Waals surface area contributed by atoms with Crippen molar-refractivity contribution in [2.75, 3.05) is 6.61 Å². The number of oxime groups is 1. The summed E-state index contributed by atoms with van der Waals surface area (Å²) in [5.41, 5.74) is 5.30. The third kappa shape index (κ3) is 4.91. The van der Waals surface area contributed by atoms with Gasteiger partial charge in [-0.05, 0) is 25.0 Å². The van der Waals surface area contributed by atoms with Gasteiger partial charge in [-0.2, -0.15) is 0 Å². The Balaban J connectivity index is 2.24. The molecule has 0 spiro atoms. The maximum atomic E-state index is 12.8. The van der Waals surface area contributed by atoms with Crippen molar-refractivity contribution in [1.82, 2.24) is 0 Å². The largest absolute Gasteiger partial charge is 0.494 e. The van der Waals surface area contributed by atoms with Crippen molar-refractivity contribution in [3.05, 3.63) is 29.0 Å². The maximum absolute atomic E-state index is 12.8. The number of ether oxygens (including phenoxy) is 1. The Kier molecular flexibility index (Phi) is 5.56. The van der Waals surface area contributed by atoms with E-state index in [1.54, 1.807) is 0 Å². The van der Waals surface area contributed by atoms with Crippen LogP contribution in [0.5, 0.6) is 5.75 Å². The Morgan fingerprint density at radius 1 is 1.47 bits per heavy atom. The van der Waals surface area contributed by atoms with Gasteiger partial charge in [0, 0.05) is 12.5 Å². The van der Waals surface area contributed by atoms with Crippen molar-refractivity contribution < 1.29 is 14.3 Å². The zero-order valence-electron chi connectivity index (χ0n) is 9.20. The van der Waals surface area contributed by atoms with Gasteiger partial charge in [-0.1, -0.05) is 16.8 Å². The molecule has 4 nitrogen and oxygen atoms in total. The van der Waals surface area contributed by atoms with Gasteiger partial charge in [0.15, 0.2) is 0 Å². The summed E-state index contributed by atoms with van der Waals surface area (Å²) in [4.78, 5) is 0. The van der Waals surface area contributed by atoms with Gasteiger partial charge in [-0.15, -0.1) is 0 Å². The molecule has 1 rings (SSSR count). The van der Waals surface area contributed by atoms with Gasteiger partial charge in [-0.25, -0.2) is 4.39 Å². The molecule has 94 valence electrons. The average molecular weight is 261 g/mol. The molecule has 0 radical (unpaired) electrons. The van der Waals surface area contributed by atoms with Crippen LogP contribution in [0.4, 0.5) is 4.39 Å². The lowest BCUT2D eigenvalue weighted by atomic mass is 10.2. The molecule has 0 bridgehead atoms. The second kappa shape index (κ2) is 6.96. The Morgan fingerprint density at radius 2 is 2.24 bits per heavy atom. The molecule has 0 aromatic heterocycles. The van der Waals surface area contributed by atoms with Crippen molar-refractivity contribution in [2.24, 2.45) is 10.9 Å². The molecule has 0 aliphatic heterocycles. The molecule has 1 aromatic carbocycles. The number of nitrogens with zero attached hydrogens (tertiary/aromatic N) is 1. The highest BCUT2D eigenvalue weighted by molar-refractivity contribution is 6.30. The molecule has 0 aliphatic rings. The minimum absolute atomic E-state index is 0.0409. The van der Waals surface area contributed by atoms with Gasteiger partial charge in [-0.3, -0.25) is 0 Å². The number of hydrogen-bond acceptors (Lipinski definition) is 3. The van der Waals surface area contributed by atoms with E-state index >= 15 is 0 Å². The lowest BCUT2D eigenvalue weighted by Gasteiger charge is -2.06. The standard InChI is InChI=1S/C11H14ClFN2O2/c12-9-7-8(4-5-10(9)13)17-6-2-1-3-11(14)15-16/h4-5,7,16H,1-3,6H2,(H2,14,15). The Hall–Kier alpha value is -1.49. The number of amidine groups is 1. The number of nitrogens with two attached hydrogens (primary N) is 1. The molecule has 0 heterocycles. The summed E-state index contributed by atoms with van der Waals surface area (Å²) < 4.78 is 18.2. The van der Waals surface area contributed by atoms with Gasteiger partial charge in [0.1, 0.15) is 17.4 Å². The first kappa shape index (κ1) is 13.6. The molecule has 17 heavy (non-hydrogen) atoms. The molecular formula is C11H14ClFN2O2. The van der Waals surface area contributed by atoms with Crippen LogP contribution < -0.4 is 10.5 Å². The van der Waals surface area contributed by atoms with E-state index in [1.165, 1.54) is 18.2 Å². The average Bonchev–Trinajstić information content (AvgIpc) is 2.33. The predicted octanol–water partition coefficient (Wildman–Crippen LogP) is 2.77. The first-order chi connectivity index (χ1) is 8.13. The normalized spacial score (nSPS) is 11.5. The van der Waals surface area contributed by atoms with Crippen molar-refractivity contribution in [2.45, 2.75) is 19.3 Å². The molecule has 0 amide bonds. The van der Waals surface area contributed by atoms with Crippen LogP contribution in [-0.2, 0) is 0 Å². The Labute approximate surface area is 104 Å². The van der Waals surface area contributed by atoms with Crippen molar-refractivity contribution in [3.8, 4) is 5.75 Å². The fourth-order valence-electron chi connectivity index (χ4n) is 1.21. The van der Waals surface area contributed by atoms with E-state index in [0.717, 1.165) is 12.8 Å². The zero-order chi connectivity index (χ0) is 12.7. The van der Waals surface area contributed by atoms with Crippen LogP contribution in [0.25, 0.3) is 0 Å². The highest BCUT2D eigenvalue weighted by Crippen LogP contribution is 2.21. The third-order valence-corrected chi connectivity index (χ3v) is 2.41. The maximum Gasteiger partial charge on any atom is 0.142 e. The van der Waals surface area contributed by atoms with Gasteiger partial charge >= 0.3 is 0 Å². The van der Waals surface area contributed by atoms with Crippen LogP contribution in [0.1, 0.15) is 19.3 Å². The minimum Gasteiger partial charge on any atom is -0.494 e. The minimum atomic E-state index is -0.467. The fourth-order valence-corrected chi connectivity index (χ4v) is 1.39. The molecular weight excluding hydrogens is 247 g/mol. The second-order valence-corrected chi connectivity index (χ2v) is 3.88. The van der Waals surface area contributed by atoms with Crippen LogP contribution in [0, 0.1) is 5.82 Å². The summed E-state index contributed by atoms with van der Waals surface area (Å²) >= 11 is 5.60. The van der Waals surface area contributed by atoms with E-state index in [0.29, 0.717) is 18.8 Å². The van der Waals surface area contributed by atoms with E-state index in [2.05, 4.69) is 5.16 Å². The molecule has 0 fully saturated rings. The fraction of sp³-hybridized carbons (Fsp3) is 0.364. The van der Waals surface area contributed by atoms with E-state index in [9.17, 15) is 4.39 Å². The third-order valence-electron chi connectivity index (χ3n) is 2.12. The molecule has 6 heteroatoms. The van der Waals surface area contributed by atoms with E-state index in [1.807, 2.05) is 0 Å². The molecule has 3 N–H and O–H groups in total. The van der Waals surface area contributed by atoms with Crippen LogP contribution >= 0.6 is 11.6 Å². The molecule has 0 unspecified atom stereocenters. The quantitative estimate of drug-likeness (QED) is 0.272. The number of rotatable bonds is 6. The summed E-state index contributed by atoms with van der Waals surface area (Å²) in [7, 11) is 0. The van der Waals surface area contributed by atoms with Crippen molar-refractivity contribution in [1.29, 1.82) is 0 Å². The lowest BCUT2D eigenvalue weighted by Crippen LogP contribution is -2.11. The smallest absolute Gasteiger partial charge is 0.142 e. The van der Waals surface area contributed by atoms with Gasteiger partial charge in [0.2, 0.25) is 0 Å². The monoisotopic (exact) mass is 260 g/mol. The Morgan fingerprint density at radius 3 is 2.88 bits per heavy atom. The molecule has 0 saturated heterocycles. The number of hydrogen-bond donors (Lipinski definition) is 2. The predicted molar refractivity (Wildman–Crippen MR) is 64.2 cm³/mol. The van der Waals surface area contributed by atoms with Gasteiger partial charge in [0.05, 0.1) is 11.6 Å². The highest BCUT2D eigenvalue weighted by atomic mass is 35.5. The first-order valence-corrected chi connectivity index (χ1v) is 5.55. The van der Waals surface area contributed by atoms with E-state index in [4.69, 9.17) is 27.3 Å². The SMILES string of the molecule is NC(CCCCOc1ccc(F)c(Cl)c1)=NO. The van der Waals surface area contributed by atoms with Crippen LogP contribution in [0.15, 0.2) is 23.4 Å². The van der Waals surface area contributed by atoms with Crippen molar-refractivity contribution >= 4 is 17.4 Å². The first-order valence-electron chi connectivity index (χ1n) is 5.17. The summed E-state index contributed by atoms with van der Waals surface area (Å²) in [6, 6.07) is 4.21. The number of unbranched alkanes of at least 4 members (excludes halogenated alkanes) is 1. The van der Waals surface area contributed by atoms with Gasteiger partial charge < -0.3 is 15.7 Å². The van der Waals surface area contributed by atoms with E-state index < -0.39 is 5.82 Å². The summed E-state index contributed by atoms with van der Waals surface area (Å²) in [5, 5.41) is 11.2. The molecule has 0 atom stereocenters. The van der Waals surface area contributed by atoms with Gasteiger partial charge in [0.25, 0.3) is 0 Å². The summed E-state index contributed by atoms with van der Waals surface area (Å²) in [6.07, 6.45) is 2.03. The zero-order valence-corrected chi connectivity index (χ0v) is 9.95. The molecule has 0 saturated carbocycles. The van der Waals surface area contributed by atoms with Crippen LogP contribution in [-0.4, -0.2) is 17.6 Å².